The molecule has 0 bridgehead atoms. The van der Waals surface area contributed by atoms with Crippen molar-refractivity contribution in [3.05, 3.63) is 0 Å². The minimum atomic E-state index is -0.389. The normalized spacial score (nSPS) is 10.0. The predicted octanol–water partition coefficient (Wildman–Crippen LogP) is 3.12. The Bertz CT molecular complexity index is 81.3. The van der Waals surface area contributed by atoms with E-state index in [0.29, 0.717) is 0 Å². The van der Waals surface area contributed by atoms with E-state index in [1.807, 2.05) is 21.6 Å². The summed E-state index contributed by atoms with van der Waals surface area (Å²) in [6.45, 7) is 4.61. The van der Waals surface area contributed by atoms with Crippen molar-refractivity contribution >= 4 is 9.98 Å². The Labute approximate surface area is 81.1 Å². The van der Waals surface area contributed by atoms with Gasteiger partial charge in [0.2, 0.25) is 0 Å². The molecule has 0 nitrogen and oxygen atoms in total. The van der Waals surface area contributed by atoms with Crippen molar-refractivity contribution in [3.8, 4) is 0 Å². The van der Waals surface area contributed by atoms with Gasteiger partial charge in [0, 0.05) is 0 Å². The van der Waals surface area contributed by atoms with Crippen LogP contribution in [0.5, 0.6) is 0 Å². The third-order valence-electron chi connectivity index (χ3n) is 1.66. The Morgan fingerprint density at radius 2 is 1.40 bits per heavy atom. The van der Waals surface area contributed by atoms with E-state index in [-0.39, 0.29) is 9.98 Å². The summed E-state index contributed by atoms with van der Waals surface area (Å²) in [4.78, 5) is 0. The monoisotopic (exact) mass is 278 g/mol. The van der Waals surface area contributed by atoms with Crippen LogP contribution in [0.2, 0.25) is 10.5 Å². The summed E-state index contributed by atoms with van der Waals surface area (Å²) < 4.78 is 0. The number of hydrogen-bond donors (Lipinski definition) is 0. The molecule has 0 saturated carbocycles. The van der Waals surface area contributed by atoms with Gasteiger partial charge in [-0.3, -0.25) is 0 Å². The molecule has 0 aromatic carbocycles. The predicted molar refractivity (Wildman–Crippen MR) is 45.2 cm³/mol. The summed E-state index contributed by atoms with van der Waals surface area (Å²) >= 11 is 1.92. The number of unbranched alkanes of at least 4 members (excludes halogenated alkanes) is 2. The van der Waals surface area contributed by atoms with E-state index >= 15 is 0 Å². The van der Waals surface area contributed by atoms with Crippen LogP contribution in [0.1, 0.15) is 39.5 Å². The van der Waals surface area contributed by atoms with Gasteiger partial charge in [-0.15, -0.1) is 0 Å². The molecule has 0 unspecified atom stereocenters. The second-order valence-corrected chi connectivity index (χ2v) is 16.5. The molecule has 0 fully saturated rings. The Kier molecular flexibility index (Phi) is 9.74. The van der Waals surface area contributed by atoms with Crippen LogP contribution < -0.4 is 0 Å². The first-order valence-electron chi connectivity index (χ1n) is 4.37. The molecular formula is C8H18GeZr+2. The Hall–Kier alpha value is 1.43. The SMILES string of the molecule is CCC[CH2][Ge](=[Zr+2])[CH2]CCC. The zero-order valence-electron chi connectivity index (χ0n) is 7.24. The van der Waals surface area contributed by atoms with E-state index in [1.54, 1.807) is 10.5 Å². The summed E-state index contributed by atoms with van der Waals surface area (Å²) in [6.07, 6.45) is 5.86. The molecule has 56 valence electrons. The summed E-state index contributed by atoms with van der Waals surface area (Å²) in [7, 11) is -0.389. The fourth-order valence-electron chi connectivity index (χ4n) is 0.905. The van der Waals surface area contributed by atoms with Crippen molar-refractivity contribution in [2.45, 2.75) is 50.0 Å². The van der Waals surface area contributed by atoms with Crippen LogP contribution in [-0.2, 0) is 21.6 Å². The summed E-state index contributed by atoms with van der Waals surface area (Å²) in [6, 6.07) is 0. The van der Waals surface area contributed by atoms with Crippen LogP contribution in [-0.4, -0.2) is 9.98 Å². The quantitative estimate of drug-likeness (QED) is 0.655. The maximum absolute atomic E-state index is 2.31. The van der Waals surface area contributed by atoms with Crippen LogP contribution in [0.4, 0.5) is 0 Å². The molecular weight excluding hydrogens is 260 g/mol. The fourth-order valence-corrected chi connectivity index (χ4v) is 9.22. The van der Waals surface area contributed by atoms with Gasteiger partial charge in [-0.2, -0.15) is 0 Å². The molecule has 0 aromatic heterocycles. The second-order valence-electron chi connectivity index (χ2n) is 2.81. The summed E-state index contributed by atoms with van der Waals surface area (Å²) in [5, 5.41) is 3.30. The van der Waals surface area contributed by atoms with Crippen LogP contribution >= 0.6 is 0 Å². The van der Waals surface area contributed by atoms with Gasteiger partial charge in [-0.25, -0.2) is 0 Å². The van der Waals surface area contributed by atoms with Gasteiger partial charge < -0.3 is 0 Å². The van der Waals surface area contributed by atoms with Crippen molar-refractivity contribution in [2.75, 3.05) is 0 Å². The molecule has 0 N–H and O–H groups in total. The molecule has 0 aromatic rings. The molecule has 10 heavy (non-hydrogen) atoms. The van der Waals surface area contributed by atoms with Crippen molar-refractivity contribution < 1.29 is 21.6 Å². The standard InChI is InChI=1S/C8H18Ge.Zr/c1-3-5-7-9-8-6-4-2;/h3-8H2,1-2H3;/q;+2. The van der Waals surface area contributed by atoms with Crippen LogP contribution in [0.3, 0.4) is 0 Å². The first-order valence-corrected chi connectivity index (χ1v) is 14.8. The van der Waals surface area contributed by atoms with Crippen LogP contribution in [0.25, 0.3) is 0 Å². The van der Waals surface area contributed by atoms with E-state index in [9.17, 15) is 0 Å². The Balaban J connectivity index is 3.09. The van der Waals surface area contributed by atoms with Gasteiger partial charge in [-0.1, -0.05) is 0 Å². The molecule has 0 amide bonds. The number of rotatable bonds is 6. The molecule has 0 aliphatic rings. The van der Waals surface area contributed by atoms with Crippen LogP contribution in [0.15, 0.2) is 0 Å². The Morgan fingerprint density at radius 1 is 1.00 bits per heavy atom. The molecule has 0 rings (SSSR count). The van der Waals surface area contributed by atoms with E-state index < -0.39 is 0 Å². The van der Waals surface area contributed by atoms with Gasteiger partial charge in [0.25, 0.3) is 0 Å². The first kappa shape index (κ1) is 11.4. The zero-order valence-corrected chi connectivity index (χ0v) is 11.8. The average Bonchev–Trinajstić information content (AvgIpc) is 1.97. The molecule has 2 heteroatoms. The van der Waals surface area contributed by atoms with Gasteiger partial charge >= 0.3 is 81.6 Å². The minimum absolute atomic E-state index is 0.389. The van der Waals surface area contributed by atoms with E-state index in [1.165, 1.54) is 25.7 Å². The van der Waals surface area contributed by atoms with Gasteiger partial charge in [-0.05, 0) is 0 Å². The molecule has 0 saturated heterocycles. The Morgan fingerprint density at radius 3 is 1.70 bits per heavy atom. The fraction of sp³-hybridized carbons (Fsp3) is 1.00. The average molecular weight is 278 g/mol. The van der Waals surface area contributed by atoms with E-state index in [2.05, 4.69) is 13.8 Å². The van der Waals surface area contributed by atoms with E-state index in [4.69, 9.17) is 0 Å². The zero-order chi connectivity index (χ0) is 7.82. The van der Waals surface area contributed by atoms with Gasteiger partial charge in [0.15, 0.2) is 0 Å². The number of hydrogen-bond acceptors (Lipinski definition) is 0. The van der Waals surface area contributed by atoms with E-state index in [0.717, 1.165) is 0 Å². The second kappa shape index (κ2) is 8.52. The third kappa shape index (κ3) is 7.53. The van der Waals surface area contributed by atoms with Gasteiger partial charge in [0.1, 0.15) is 0 Å². The first-order chi connectivity index (χ1) is 4.81. The third-order valence-corrected chi connectivity index (χ3v) is 12.1. The van der Waals surface area contributed by atoms with Crippen molar-refractivity contribution in [3.63, 3.8) is 0 Å². The van der Waals surface area contributed by atoms with Gasteiger partial charge in [0.05, 0.1) is 0 Å². The molecule has 0 aliphatic carbocycles. The van der Waals surface area contributed by atoms with Crippen LogP contribution in [0, 0.1) is 0 Å². The molecule has 0 radical (unpaired) electrons. The van der Waals surface area contributed by atoms with Crippen molar-refractivity contribution in [1.29, 1.82) is 0 Å². The topological polar surface area (TPSA) is 0 Å². The molecule has 0 atom stereocenters. The molecule has 0 heterocycles. The summed E-state index contributed by atoms with van der Waals surface area (Å²) in [5.41, 5.74) is 0. The molecule has 0 spiro atoms. The van der Waals surface area contributed by atoms with Crippen molar-refractivity contribution in [1.82, 2.24) is 0 Å². The molecule has 0 aliphatic heterocycles. The summed E-state index contributed by atoms with van der Waals surface area (Å²) in [5.74, 6) is 0. The maximum atomic E-state index is 2.31. The van der Waals surface area contributed by atoms with Crippen molar-refractivity contribution in [2.24, 2.45) is 0 Å².